The van der Waals surface area contributed by atoms with Crippen LogP contribution in [0, 0.1) is 5.92 Å². The highest BCUT2D eigenvalue weighted by atomic mass is 16.5. The summed E-state index contributed by atoms with van der Waals surface area (Å²) in [5.74, 6) is 2.12. The van der Waals surface area contributed by atoms with Crippen LogP contribution in [0.4, 0.5) is 0 Å². The maximum Gasteiger partial charge on any atom is 0.122 e. The highest BCUT2D eigenvalue weighted by molar-refractivity contribution is 5.40. The number of para-hydroxylation sites is 1. The predicted octanol–water partition coefficient (Wildman–Crippen LogP) is 3.82. The Hall–Kier alpha value is -1.80. The number of benzene rings is 2. The second-order valence-corrected chi connectivity index (χ2v) is 6.30. The molecule has 3 atom stereocenters. The summed E-state index contributed by atoms with van der Waals surface area (Å²) in [7, 11) is 0. The third-order valence-electron chi connectivity index (χ3n) is 5.09. The number of hydrogen-bond donors (Lipinski definition) is 1. The van der Waals surface area contributed by atoms with Gasteiger partial charge in [0.25, 0.3) is 0 Å². The van der Waals surface area contributed by atoms with Gasteiger partial charge in [0.2, 0.25) is 0 Å². The fourth-order valence-corrected chi connectivity index (χ4v) is 3.92. The standard InChI is InChI=1S/C19H21NO/c20-19-14(10-9-13-5-1-2-7-17(13)19)11-15-12-21-18-8-4-3-6-16(15)18/h1-8,14-15,19H,9-12,20H2. The van der Waals surface area contributed by atoms with Crippen molar-refractivity contribution in [2.24, 2.45) is 11.7 Å². The molecule has 0 spiro atoms. The third kappa shape index (κ3) is 2.24. The molecule has 1 aliphatic carbocycles. The molecule has 3 unspecified atom stereocenters. The Bertz CT molecular complexity index is 652. The van der Waals surface area contributed by atoms with E-state index in [2.05, 4.69) is 42.5 Å². The lowest BCUT2D eigenvalue weighted by Crippen LogP contribution is -2.28. The highest BCUT2D eigenvalue weighted by Crippen LogP contribution is 2.42. The van der Waals surface area contributed by atoms with Crippen molar-refractivity contribution in [2.45, 2.75) is 31.2 Å². The molecular formula is C19H21NO. The van der Waals surface area contributed by atoms with Crippen molar-refractivity contribution in [1.82, 2.24) is 0 Å². The number of fused-ring (bicyclic) bond motifs is 2. The maximum absolute atomic E-state index is 6.55. The summed E-state index contributed by atoms with van der Waals surface area (Å²) in [6, 6.07) is 17.2. The van der Waals surface area contributed by atoms with E-state index < -0.39 is 0 Å². The lowest BCUT2D eigenvalue weighted by Gasteiger charge is -2.32. The van der Waals surface area contributed by atoms with Crippen LogP contribution in [0.5, 0.6) is 5.75 Å². The number of hydrogen-bond acceptors (Lipinski definition) is 2. The maximum atomic E-state index is 6.55. The fourth-order valence-electron chi connectivity index (χ4n) is 3.92. The van der Waals surface area contributed by atoms with Gasteiger partial charge in [0, 0.05) is 17.5 Å². The molecule has 2 aromatic rings. The molecule has 2 nitrogen and oxygen atoms in total. The molecule has 0 aromatic heterocycles. The quantitative estimate of drug-likeness (QED) is 0.907. The molecule has 1 aliphatic heterocycles. The van der Waals surface area contributed by atoms with E-state index in [0.717, 1.165) is 25.2 Å². The van der Waals surface area contributed by atoms with Gasteiger partial charge in [-0.1, -0.05) is 42.5 Å². The van der Waals surface area contributed by atoms with Gasteiger partial charge in [-0.2, -0.15) is 0 Å². The largest absolute Gasteiger partial charge is 0.493 e. The Kier molecular flexibility index (Phi) is 3.19. The molecule has 4 rings (SSSR count). The Morgan fingerprint density at radius 2 is 1.76 bits per heavy atom. The van der Waals surface area contributed by atoms with Crippen LogP contribution in [-0.4, -0.2) is 6.61 Å². The van der Waals surface area contributed by atoms with Crippen molar-refractivity contribution in [2.75, 3.05) is 6.61 Å². The Balaban J connectivity index is 1.55. The van der Waals surface area contributed by atoms with Crippen LogP contribution in [0.1, 0.15) is 41.5 Å². The SMILES string of the molecule is NC1c2ccccc2CCC1CC1COc2ccccc21. The normalized spacial score (nSPS) is 26.8. The predicted molar refractivity (Wildman–Crippen MR) is 84.5 cm³/mol. The molecule has 21 heavy (non-hydrogen) atoms. The van der Waals surface area contributed by atoms with Gasteiger partial charge in [-0.15, -0.1) is 0 Å². The molecule has 2 heteroatoms. The monoisotopic (exact) mass is 279 g/mol. The zero-order chi connectivity index (χ0) is 14.2. The van der Waals surface area contributed by atoms with Gasteiger partial charge in [-0.25, -0.2) is 0 Å². The van der Waals surface area contributed by atoms with Crippen LogP contribution in [0.2, 0.25) is 0 Å². The van der Waals surface area contributed by atoms with Crippen LogP contribution >= 0.6 is 0 Å². The highest BCUT2D eigenvalue weighted by Gasteiger charge is 2.32. The van der Waals surface area contributed by atoms with E-state index in [9.17, 15) is 0 Å². The lowest BCUT2D eigenvalue weighted by molar-refractivity contribution is 0.278. The van der Waals surface area contributed by atoms with Crippen LogP contribution in [-0.2, 0) is 6.42 Å². The molecule has 2 aliphatic rings. The van der Waals surface area contributed by atoms with E-state index in [4.69, 9.17) is 10.5 Å². The molecular weight excluding hydrogens is 258 g/mol. The first kappa shape index (κ1) is 12.9. The fraction of sp³-hybridized carbons (Fsp3) is 0.368. The first-order valence-electron chi connectivity index (χ1n) is 7.88. The van der Waals surface area contributed by atoms with E-state index in [-0.39, 0.29) is 6.04 Å². The first-order chi connectivity index (χ1) is 10.3. The van der Waals surface area contributed by atoms with Gasteiger partial charge in [0.1, 0.15) is 5.75 Å². The van der Waals surface area contributed by atoms with Gasteiger partial charge >= 0.3 is 0 Å². The molecule has 2 N–H and O–H groups in total. The van der Waals surface area contributed by atoms with Gasteiger partial charge < -0.3 is 10.5 Å². The van der Waals surface area contributed by atoms with E-state index in [1.54, 1.807) is 0 Å². The molecule has 1 heterocycles. The van der Waals surface area contributed by atoms with E-state index in [1.807, 2.05) is 6.07 Å². The number of aryl methyl sites for hydroxylation is 1. The summed E-state index contributed by atoms with van der Waals surface area (Å²) in [4.78, 5) is 0. The van der Waals surface area contributed by atoms with Gasteiger partial charge in [-0.3, -0.25) is 0 Å². The summed E-state index contributed by atoms with van der Waals surface area (Å²) in [5, 5.41) is 0. The van der Waals surface area contributed by atoms with Crippen molar-refractivity contribution < 1.29 is 4.74 Å². The van der Waals surface area contributed by atoms with Crippen molar-refractivity contribution in [3.63, 3.8) is 0 Å². The van der Waals surface area contributed by atoms with Gasteiger partial charge in [0.15, 0.2) is 0 Å². The molecule has 108 valence electrons. The average Bonchev–Trinajstić information content (AvgIpc) is 2.94. The van der Waals surface area contributed by atoms with Gasteiger partial charge in [-0.05, 0) is 42.4 Å². The zero-order valence-corrected chi connectivity index (χ0v) is 12.2. The zero-order valence-electron chi connectivity index (χ0n) is 12.2. The topological polar surface area (TPSA) is 35.2 Å². The van der Waals surface area contributed by atoms with Crippen molar-refractivity contribution in [3.05, 3.63) is 65.2 Å². The van der Waals surface area contributed by atoms with Crippen LogP contribution < -0.4 is 10.5 Å². The van der Waals surface area contributed by atoms with Crippen molar-refractivity contribution in [3.8, 4) is 5.75 Å². The summed E-state index contributed by atoms with van der Waals surface area (Å²) >= 11 is 0. The molecule has 0 saturated heterocycles. The van der Waals surface area contributed by atoms with Crippen LogP contribution in [0.25, 0.3) is 0 Å². The minimum absolute atomic E-state index is 0.169. The number of ether oxygens (including phenoxy) is 1. The second-order valence-electron chi connectivity index (χ2n) is 6.30. The van der Waals surface area contributed by atoms with E-state index >= 15 is 0 Å². The molecule has 0 fully saturated rings. The molecule has 2 aromatic carbocycles. The minimum atomic E-state index is 0.169. The van der Waals surface area contributed by atoms with E-state index in [1.165, 1.54) is 23.1 Å². The summed E-state index contributed by atoms with van der Waals surface area (Å²) in [5.41, 5.74) is 10.7. The third-order valence-corrected chi connectivity index (χ3v) is 5.09. The van der Waals surface area contributed by atoms with Gasteiger partial charge in [0.05, 0.1) is 6.61 Å². The number of rotatable bonds is 2. The molecule has 0 bridgehead atoms. The summed E-state index contributed by atoms with van der Waals surface area (Å²) in [6.07, 6.45) is 3.48. The lowest BCUT2D eigenvalue weighted by atomic mass is 9.75. The smallest absolute Gasteiger partial charge is 0.122 e. The van der Waals surface area contributed by atoms with Crippen molar-refractivity contribution in [1.29, 1.82) is 0 Å². The van der Waals surface area contributed by atoms with Crippen molar-refractivity contribution >= 4 is 0 Å². The Morgan fingerprint density at radius 1 is 1.00 bits per heavy atom. The number of nitrogens with two attached hydrogens (primary N) is 1. The molecule has 0 radical (unpaired) electrons. The van der Waals surface area contributed by atoms with Crippen LogP contribution in [0.3, 0.4) is 0 Å². The average molecular weight is 279 g/mol. The molecule has 0 saturated carbocycles. The Labute approximate surface area is 125 Å². The van der Waals surface area contributed by atoms with E-state index in [0.29, 0.717) is 11.8 Å². The summed E-state index contributed by atoms with van der Waals surface area (Å²) < 4.78 is 5.82. The molecule has 0 amide bonds. The minimum Gasteiger partial charge on any atom is -0.493 e. The second kappa shape index (κ2) is 5.19. The van der Waals surface area contributed by atoms with Crippen LogP contribution in [0.15, 0.2) is 48.5 Å². The first-order valence-corrected chi connectivity index (χ1v) is 7.88. The summed E-state index contributed by atoms with van der Waals surface area (Å²) in [6.45, 7) is 0.810. The Morgan fingerprint density at radius 3 is 2.67 bits per heavy atom.